The van der Waals surface area contributed by atoms with Crippen molar-refractivity contribution in [1.82, 2.24) is 30.1 Å². The molecule has 4 heterocycles. The van der Waals surface area contributed by atoms with Gasteiger partial charge in [-0.05, 0) is 61.3 Å². The number of carbonyl (C=O) groups is 1. The van der Waals surface area contributed by atoms with Gasteiger partial charge >= 0.3 is 6.03 Å². The number of rotatable bonds is 5. The van der Waals surface area contributed by atoms with Crippen LogP contribution in [0, 0.1) is 6.92 Å². The molecule has 0 bridgehead atoms. The summed E-state index contributed by atoms with van der Waals surface area (Å²) >= 11 is 0. The highest BCUT2D eigenvalue weighted by Gasteiger charge is 2.27. The topological polar surface area (TPSA) is 86.3 Å². The first kappa shape index (κ1) is 26.1. The van der Waals surface area contributed by atoms with Crippen LogP contribution in [0.3, 0.4) is 0 Å². The second-order valence-corrected chi connectivity index (χ2v) is 10.7. The highest BCUT2D eigenvalue weighted by molar-refractivity contribution is 5.90. The van der Waals surface area contributed by atoms with Crippen molar-refractivity contribution in [2.45, 2.75) is 39.3 Å². The van der Waals surface area contributed by atoms with E-state index in [0.717, 1.165) is 59.0 Å². The number of pyridine rings is 1. The van der Waals surface area contributed by atoms with E-state index in [1.165, 1.54) is 11.1 Å². The van der Waals surface area contributed by atoms with E-state index in [-0.39, 0.29) is 12.1 Å². The molecular formula is C32H35N7O. The number of fused-ring (bicyclic) bond motifs is 1. The van der Waals surface area contributed by atoms with Gasteiger partial charge in [0.1, 0.15) is 0 Å². The number of benzene rings is 2. The van der Waals surface area contributed by atoms with Crippen molar-refractivity contribution in [2.75, 3.05) is 32.1 Å². The Balaban J connectivity index is 1.30. The van der Waals surface area contributed by atoms with E-state index in [9.17, 15) is 4.79 Å². The summed E-state index contributed by atoms with van der Waals surface area (Å²) < 4.78 is 0. The van der Waals surface area contributed by atoms with Crippen molar-refractivity contribution >= 4 is 11.7 Å². The number of hydrogen-bond acceptors (Lipinski definition) is 6. The monoisotopic (exact) mass is 533 g/mol. The zero-order valence-electron chi connectivity index (χ0n) is 23.3. The fourth-order valence-corrected chi connectivity index (χ4v) is 5.60. The third kappa shape index (κ3) is 5.33. The molecule has 204 valence electrons. The van der Waals surface area contributed by atoms with Crippen LogP contribution in [-0.2, 0) is 19.4 Å². The van der Waals surface area contributed by atoms with Crippen molar-refractivity contribution in [3.05, 3.63) is 94.9 Å². The quantitative estimate of drug-likeness (QED) is 0.367. The highest BCUT2D eigenvalue weighted by Crippen LogP contribution is 2.33. The molecule has 40 heavy (non-hydrogen) atoms. The summed E-state index contributed by atoms with van der Waals surface area (Å²) in [4.78, 5) is 32.0. The molecule has 8 heteroatoms. The van der Waals surface area contributed by atoms with E-state index in [1.807, 2.05) is 29.2 Å². The van der Waals surface area contributed by atoms with E-state index in [1.54, 1.807) is 12.4 Å². The predicted molar refractivity (Wildman–Crippen MR) is 158 cm³/mol. The summed E-state index contributed by atoms with van der Waals surface area (Å²) in [7, 11) is 2.11. The molecule has 1 saturated heterocycles. The van der Waals surface area contributed by atoms with Crippen LogP contribution in [0.1, 0.15) is 40.9 Å². The average molecular weight is 534 g/mol. The lowest BCUT2D eigenvalue weighted by molar-refractivity contribution is 0.206. The molecule has 4 aromatic rings. The second kappa shape index (κ2) is 11.2. The minimum atomic E-state index is -0.103. The normalized spacial score (nSPS) is 17.1. The molecule has 2 aromatic heterocycles. The van der Waals surface area contributed by atoms with Gasteiger partial charge in [-0.15, -0.1) is 0 Å². The summed E-state index contributed by atoms with van der Waals surface area (Å²) in [5.74, 6) is 0.665. The van der Waals surface area contributed by atoms with Gasteiger partial charge in [-0.2, -0.15) is 0 Å². The first-order chi connectivity index (χ1) is 19.5. The third-order valence-electron chi connectivity index (χ3n) is 7.85. The van der Waals surface area contributed by atoms with Crippen molar-refractivity contribution in [2.24, 2.45) is 0 Å². The van der Waals surface area contributed by atoms with Crippen molar-refractivity contribution in [1.29, 1.82) is 0 Å². The molecule has 1 atom stereocenters. The maximum absolute atomic E-state index is 13.6. The van der Waals surface area contributed by atoms with Gasteiger partial charge in [0, 0.05) is 67.0 Å². The maximum Gasteiger partial charge on any atom is 0.322 e. The summed E-state index contributed by atoms with van der Waals surface area (Å²) in [6, 6.07) is 18.7. The van der Waals surface area contributed by atoms with Gasteiger partial charge in [-0.3, -0.25) is 15.2 Å². The SMILES string of the molecule is CCc1cc(NC(=O)N2CCc3nc(-c4cccnc4)nc(-c4ccccc4C)c3C2)cc(C2CN(C)CN2)c1. The second-order valence-electron chi connectivity index (χ2n) is 10.7. The minimum Gasteiger partial charge on any atom is -0.320 e. The van der Waals surface area contributed by atoms with E-state index in [0.29, 0.717) is 25.3 Å². The number of nitrogens with zero attached hydrogens (tertiary/aromatic N) is 5. The van der Waals surface area contributed by atoms with Gasteiger partial charge in [-0.1, -0.05) is 37.3 Å². The van der Waals surface area contributed by atoms with Gasteiger partial charge in [0.05, 0.1) is 17.9 Å². The first-order valence-corrected chi connectivity index (χ1v) is 14.0. The van der Waals surface area contributed by atoms with Gasteiger partial charge < -0.3 is 10.2 Å². The summed E-state index contributed by atoms with van der Waals surface area (Å²) in [6.45, 7) is 7.09. The minimum absolute atomic E-state index is 0.103. The van der Waals surface area contributed by atoms with Crippen LogP contribution in [0.4, 0.5) is 10.5 Å². The smallest absolute Gasteiger partial charge is 0.320 e. The van der Waals surface area contributed by atoms with E-state index < -0.39 is 0 Å². The summed E-state index contributed by atoms with van der Waals surface area (Å²) in [5, 5.41) is 6.75. The van der Waals surface area contributed by atoms with Crippen molar-refractivity contribution in [3.63, 3.8) is 0 Å². The Morgan fingerprint density at radius 2 is 2.00 bits per heavy atom. The van der Waals surface area contributed by atoms with Crippen LogP contribution in [0.2, 0.25) is 0 Å². The summed E-state index contributed by atoms with van der Waals surface area (Å²) in [6.07, 6.45) is 5.12. The molecule has 8 nitrogen and oxygen atoms in total. The van der Waals surface area contributed by atoms with Crippen LogP contribution < -0.4 is 10.6 Å². The molecule has 2 aromatic carbocycles. The fraction of sp³-hybridized carbons (Fsp3) is 0.312. The molecule has 2 N–H and O–H groups in total. The zero-order chi connectivity index (χ0) is 27.6. The van der Waals surface area contributed by atoms with Crippen LogP contribution in [0.5, 0.6) is 0 Å². The van der Waals surface area contributed by atoms with Crippen LogP contribution in [0.25, 0.3) is 22.6 Å². The number of hydrogen-bond donors (Lipinski definition) is 2. The molecule has 0 saturated carbocycles. The number of amides is 2. The molecule has 1 fully saturated rings. The molecule has 2 amide bonds. The number of carbonyl (C=O) groups excluding carboxylic acids is 1. The molecule has 2 aliphatic rings. The molecule has 2 aliphatic heterocycles. The lowest BCUT2D eigenvalue weighted by atomic mass is 9.96. The lowest BCUT2D eigenvalue weighted by Gasteiger charge is -2.30. The Morgan fingerprint density at radius 1 is 1.12 bits per heavy atom. The standard InChI is InChI=1S/C32H35N7O/c1-4-22-14-24(29-19-38(3)20-34-29)16-25(15-22)35-32(40)39-13-11-28-27(18-39)30(26-10-6-5-8-21(26)2)37-31(36-28)23-9-7-12-33-17-23/h5-10,12,14-17,29,34H,4,11,13,18-20H2,1-3H3,(H,35,40). The van der Waals surface area contributed by atoms with Gasteiger partial charge in [-0.25, -0.2) is 14.8 Å². The number of aryl methyl sites for hydroxylation is 2. The Hall–Kier alpha value is -4.14. The van der Waals surface area contributed by atoms with Gasteiger partial charge in [0.15, 0.2) is 5.82 Å². The number of nitrogens with one attached hydrogen (secondary N) is 2. The van der Waals surface area contributed by atoms with E-state index >= 15 is 0 Å². The maximum atomic E-state index is 13.6. The van der Waals surface area contributed by atoms with E-state index in [2.05, 4.69) is 71.7 Å². The van der Waals surface area contributed by atoms with Crippen LogP contribution >= 0.6 is 0 Å². The van der Waals surface area contributed by atoms with Crippen LogP contribution in [-0.4, -0.2) is 57.6 Å². The summed E-state index contributed by atoms with van der Waals surface area (Å²) in [5.41, 5.74) is 9.21. The largest absolute Gasteiger partial charge is 0.322 e. The lowest BCUT2D eigenvalue weighted by Crippen LogP contribution is -2.39. The number of likely N-dealkylation sites (N-methyl/N-ethyl adjacent to an activating group) is 1. The molecular weight excluding hydrogens is 498 g/mol. The molecule has 0 aliphatic carbocycles. The molecule has 1 unspecified atom stereocenters. The number of urea groups is 1. The zero-order valence-corrected chi connectivity index (χ0v) is 23.3. The molecule has 0 radical (unpaired) electrons. The number of aromatic nitrogens is 3. The first-order valence-electron chi connectivity index (χ1n) is 14.0. The Morgan fingerprint density at radius 3 is 2.75 bits per heavy atom. The predicted octanol–water partition coefficient (Wildman–Crippen LogP) is 5.20. The average Bonchev–Trinajstić information content (AvgIpc) is 3.43. The van der Waals surface area contributed by atoms with E-state index in [4.69, 9.17) is 9.97 Å². The van der Waals surface area contributed by atoms with Crippen LogP contribution in [0.15, 0.2) is 67.0 Å². The fourth-order valence-electron chi connectivity index (χ4n) is 5.60. The Labute approximate surface area is 235 Å². The molecule has 6 rings (SSSR count). The third-order valence-corrected chi connectivity index (χ3v) is 7.85. The molecule has 0 spiro atoms. The van der Waals surface area contributed by atoms with Gasteiger partial charge in [0.25, 0.3) is 0 Å². The van der Waals surface area contributed by atoms with Crippen molar-refractivity contribution < 1.29 is 4.79 Å². The number of anilines is 1. The Bertz CT molecular complexity index is 1540. The van der Waals surface area contributed by atoms with Crippen molar-refractivity contribution in [3.8, 4) is 22.6 Å². The van der Waals surface area contributed by atoms with Gasteiger partial charge in [0.2, 0.25) is 0 Å². The Kier molecular flexibility index (Phi) is 7.28. The highest BCUT2D eigenvalue weighted by atomic mass is 16.2.